The number of rotatable bonds is 7. The van der Waals surface area contributed by atoms with Crippen molar-refractivity contribution in [2.75, 3.05) is 45.3 Å². The van der Waals surface area contributed by atoms with Gasteiger partial charge in [0.1, 0.15) is 28.7 Å². The molecular formula is C32H32N6O3. The first-order chi connectivity index (χ1) is 20.1. The van der Waals surface area contributed by atoms with Crippen LogP contribution < -0.4 is 14.4 Å². The van der Waals surface area contributed by atoms with Crippen LogP contribution in [-0.2, 0) is 6.42 Å². The maximum atomic E-state index is 13.6. The molecule has 0 bridgehead atoms. The predicted octanol–water partition coefficient (Wildman–Crippen LogP) is 4.69. The van der Waals surface area contributed by atoms with Crippen molar-refractivity contribution in [1.29, 1.82) is 0 Å². The Kier molecular flexibility index (Phi) is 7.24. The number of nitrogens with zero attached hydrogens (tertiary/aromatic N) is 6. The van der Waals surface area contributed by atoms with E-state index in [1.165, 1.54) is 0 Å². The Morgan fingerprint density at radius 3 is 2.07 bits per heavy atom. The van der Waals surface area contributed by atoms with Crippen molar-refractivity contribution < 1.29 is 14.3 Å². The fourth-order valence-electron chi connectivity index (χ4n) is 5.38. The number of amides is 1. The number of fused-ring (bicyclic) bond motifs is 1. The van der Waals surface area contributed by atoms with Crippen molar-refractivity contribution in [3.8, 4) is 17.2 Å². The Labute approximate surface area is 239 Å². The van der Waals surface area contributed by atoms with Crippen LogP contribution in [0.2, 0.25) is 0 Å². The van der Waals surface area contributed by atoms with E-state index in [-0.39, 0.29) is 5.91 Å². The third-order valence-electron chi connectivity index (χ3n) is 7.44. The molecule has 208 valence electrons. The minimum atomic E-state index is -0.107. The first-order valence-corrected chi connectivity index (χ1v) is 13.7. The number of carbonyl (C=O) groups is 1. The summed E-state index contributed by atoms with van der Waals surface area (Å²) in [5.41, 5.74) is 4.17. The standard InChI is InChI=1S/C32H32N6O3/c1-22-28-30(36-17-19-37(20-18-36)32(39)29-25(40-2)15-10-16-26(29)41-3)33-27(21-23-11-6-4-7-12-23)34-31(28)38(35-22)24-13-8-5-9-14-24/h4-16H,17-21H2,1-3H3. The van der Waals surface area contributed by atoms with E-state index in [9.17, 15) is 4.79 Å². The molecule has 0 spiro atoms. The van der Waals surface area contributed by atoms with E-state index in [1.807, 2.05) is 71.1 Å². The first-order valence-electron chi connectivity index (χ1n) is 13.7. The largest absolute Gasteiger partial charge is 0.496 e. The van der Waals surface area contributed by atoms with Gasteiger partial charge in [-0.2, -0.15) is 5.10 Å². The lowest BCUT2D eigenvalue weighted by molar-refractivity contribution is 0.0739. The van der Waals surface area contributed by atoms with Crippen molar-refractivity contribution >= 4 is 22.8 Å². The Balaban J connectivity index is 1.35. The molecule has 1 aliphatic rings. The van der Waals surface area contributed by atoms with Crippen LogP contribution in [0.4, 0.5) is 5.82 Å². The number of piperazine rings is 1. The number of benzene rings is 3. The Morgan fingerprint density at radius 1 is 0.805 bits per heavy atom. The molecule has 0 atom stereocenters. The lowest BCUT2D eigenvalue weighted by atomic mass is 10.1. The van der Waals surface area contributed by atoms with Gasteiger partial charge < -0.3 is 19.3 Å². The number of aromatic nitrogens is 4. The molecule has 9 nitrogen and oxygen atoms in total. The van der Waals surface area contributed by atoms with Crippen LogP contribution in [0.25, 0.3) is 16.7 Å². The molecule has 0 unspecified atom stereocenters. The van der Waals surface area contributed by atoms with Gasteiger partial charge in [0.25, 0.3) is 5.91 Å². The number of aryl methyl sites for hydroxylation is 1. The Hall–Kier alpha value is -4.92. The molecule has 1 amide bonds. The fourth-order valence-corrected chi connectivity index (χ4v) is 5.38. The van der Waals surface area contributed by atoms with Gasteiger partial charge in [0.15, 0.2) is 5.65 Å². The molecule has 0 aliphatic carbocycles. The highest BCUT2D eigenvalue weighted by atomic mass is 16.5. The number of hydrogen-bond acceptors (Lipinski definition) is 7. The monoisotopic (exact) mass is 548 g/mol. The molecule has 3 aromatic carbocycles. The normalized spacial score (nSPS) is 13.4. The Morgan fingerprint density at radius 2 is 1.44 bits per heavy atom. The number of carbonyl (C=O) groups excluding carboxylic acids is 1. The first kappa shape index (κ1) is 26.3. The molecular weight excluding hydrogens is 516 g/mol. The third kappa shape index (κ3) is 5.06. The highest BCUT2D eigenvalue weighted by molar-refractivity contribution is 6.00. The van der Waals surface area contributed by atoms with Crippen LogP contribution in [0.1, 0.15) is 27.4 Å². The fraction of sp³-hybridized carbons (Fsp3) is 0.250. The molecule has 6 rings (SSSR count). The van der Waals surface area contributed by atoms with Gasteiger partial charge in [0.2, 0.25) is 0 Å². The summed E-state index contributed by atoms with van der Waals surface area (Å²) in [5.74, 6) is 2.48. The second kappa shape index (κ2) is 11.3. The minimum absolute atomic E-state index is 0.107. The maximum absolute atomic E-state index is 13.6. The zero-order chi connectivity index (χ0) is 28.3. The van der Waals surface area contributed by atoms with Crippen molar-refractivity contribution in [3.05, 3.63) is 102 Å². The molecule has 1 aliphatic heterocycles. The maximum Gasteiger partial charge on any atom is 0.261 e. The van der Waals surface area contributed by atoms with Crippen molar-refractivity contribution in [2.45, 2.75) is 13.3 Å². The molecule has 0 N–H and O–H groups in total. The van der Waals surface area contributed by atoms with Crippen molar-refractivity contribution in [2.24, 2.45) is 0 Å². The number of hydrogen-bond donors (Lipinski definition) is 0. The highest BCUT2D eigenvalue weighted by Gasteiger charge is 2.29. The van der Waals surface area contributed by atoms with Crippen LogP contribution in [-0.4, -0.2) is 71.0 Å². The van der Waals surface area contributed by atoms with E-state index >= 15 is 0 Å². The van der Waals surface area contributed by atoms with Crippen LogP contribution in [0.3, 0.4) is 0 Å². The zero-order valence-electron chi connectivity index (χ0n) is 23.4. The van der Waals surface area contributed by atoms with Crippen LogP contribution in [0.15, 0.2) is 78.9 Å². The second-order valence-corrected chi connectivity index (χ2v) is 9.97. The smallest absolute Gasteiger partial charge is 0.261 e. The SMILES string of the molecule is COc1cccc(OC)c1C(=O)N1CCN(c2nc(Cc3ccccc3)nc3c2c(C)nn3-c2ccccc2)CC1. The predicted molar refractivity (Wildman–Crippen MR) is 158 cm³/mol. The molecule has 0 radical (unpaired) electrons. The van der Waals surface area contributed by atoms with Gasteiger partial charge >= 0.3 is 0 Å². The summed E-state index contributed by atoms with van der Waals surface area (Å²) < 4.78 is 12.9. The molecule has 1 saturated heterocycles. The number of anilines is 1. The topological polar surface area (TPSA) is 85.6 Å². The molecule has 0 saturated carbocycles. The number of para-hydroxylation sites is 1. The summed E-state index contributed by atoms with van der Waals surface area (Å²) in [7, 11) is 3.13. The average molecular weight is 549 g/mol. The second-order valence-electron chi connectivity index (χ2n) is 9.97. The Bertz CT molecular complexity index is 1660. The van der Waals surface area contributed by atoms with Gasteiger partial charge in [-0.15, -0.1) is 0 Å². The zero-order valence-corrected chi connectivity index (χ0v) is 23.4. The minimum Gasteiger partial charge on any atom is -0.496 e. The van der Waals surface area contributed by atoms with Crippen molar-refractivity contribution in [3.63, 3.8) is 0 Å². The summed E-state index contributed by atoms with van der Waals surface area (Å²) in [6.45, 7) is 4.31. The number of methoxy groups -OCH3 is 2. The lowest BCUT2D eigenvalue weighted by Crippen LogP contribution is -2.49. The quantitative estimate of drug-likeness (QED) is 0.292. The summed E-state index contributed by atoms with van der Waals surface area (Å²) >= 11 is 0. The van der Waals surface area contributed by atoms with Gasteiger partial charge in [-0.1, -0.05) is 54.6 Å². The highest BCUT2D eigenvalue weighted by Crippen LogP contribution is 2.32. The van der Waals surface area contributed by atoms with Gasteiger partial charge in [0, 0.05) is 32.6 Å². The van der Waals surface area contributed by atoms with Crippen molar-refractivity contribution in [1.82, 2.24) is 24.6 Å². The summed E-state index contributed by atoms with van der Waals surface area (Å²) in [5, 5.41) is 5.81. The molecule has 41 heavy (non-hydrogen) atoms. The van der Waals surface area contributed by atoms with E-state index < -0.39 is 0 Å². The molecule has 1 fully saturated rings. The summed E-state index contributed by atoms with van der Waals surface area (Å²) in [6, 6.07) is 25.7. The van der Waals surface area contributed by atoms with Gasteiger partial charge in [-0.05, 0) is 36.8 Å². The van der Waals surface area contributed by atoms with Gasteiger partial charge in [-0.25, -0.2) is 14.6 Å². The van der Waals surface area contributed by atoms with Crippen LogP contribution >= 0.6 is 0 Å². The van der Waals surface area contributed by atoms with Gasteiger partial charge in [-0.3, -0.25) is 4.79 Å². The van der Waals surface area contributed by atoms with E-state index in [0.717, 1.165) is 39.6 Å². The summed E-state index contributed by atoms with van der Waals surface area (Å²) in [4.78, 5) is 27.8. The molecule has 9 heteroatoms. The summed E-state index contributed by atoms with van der Waals surface area (Å²) in [6.07, 6.45) is 0.606. The molecule has 2 aromatic heterocycles. The van der Waals surface area contributed by atoms with E-state index in [4.69, 9.17) is 24.5 Å². The van der Waals surface area contributed by atoms with Gasteiger partial charge in [0.05, 0.1) is 31.0 Å². The van der Waals surface area contributed by atoms with E-state index in [1.54, 1.807) is 26.4 Å². The van der Waals surface area contributed by atoms with E-state index in [2.05, 4.69) is 17.0 Å². The number of ether oxygens (including phenoxy) is 2. The average Bonchev–Trinajstić information content (AvgIpc) is 3.36. The van der Waals surface area contributed by atoms with E-state index in [0.29, 0.717) is 49.7 Å². The molecule has 5 aromatic rings. The lowest BCUT2D eigenvalue weighted by Gasteiger charge is -2.36. The molecule has 3 heterocycles. The van der Waals surface area contributed by atoms with Crippen LogP contribution in [0.5, 0.6) is 11.5 Å². The third-order valence-corrected chi connectivity index (χ3v) is 7.44. The van der Waals surface area contributed by atoms with Crippen LogP contribution in [0, 0.1) is 6.92 Å².